The zero-order valence-electron chi connectivity index (χ0n) is 31.3. The summed E-state index contributed by atoms with van der Waals surface area (Å²) in [6.07, 6.45) is 2.82. The van der Waals surface area contributed by atoms with Crippen LogP contribution in [0.3, 0.4) is 0 Å². The monoisotopic (exact) mass is 818 g/mol. The number of carbonyl (C=O) groups excluding carboxylic acids is 1. The van der Waals surface area contributed by atoms with Crippen molar-refractivity contribution in [3.05, 3.63) is 59.7 Å². The number of benzene rings is 2. The lowest BCUT2D eigenvalue weighted by Gasteiger charge is -2.47. The van der Waals surface area contributed by atoms with Crippen molar-refractivity contribution < 1.29 is 54.2 Å². The predicted molar refractivity (Wildman–Crippen MR) is 196 cm³/mol. The Morgan fingerprint density at radius 2 is 1.34 bits per heavy atom. The summed E-state index contributed by atoms with van der Waals surface area (Å²) in [5, 5.41) is 7.12. The highest BCUT2D eigenvalue weighted by atomic mass is 32.2. The van der Waals surface area contributed by atoms with E-state index in [1.807, 2.05) is 0 Å². The van der Waals surface area contributed by atoms with Crippen molar-refractivity contribution >= 4 is 21.9 Å². The molecule has 0 aromatic heterocycles. The molecule has 6 rings (SSSR count). The molecule has 1 unspecified atom stereocenters. The van der Waals surface area contributed by atoms with Crippen molar-refractivity contribution in [2.45, 2.75) is 112 Å². The number of carboxylic acids is 1. The molecular formula is C39H52F6N4O6S. The number of hydrogen-bond donors (Lipinski definition) is 2. The van der Waals surface area contributed by atoms with E-state index >= 15 is 0 Å². The first-order valence-electron chi connectivity index (χ1n) is 19.5. The van der Waals surface area contributed by atoms with Crippen molar-refractivity contribution in [1.29, 1.82) is 0 Å². The maximum atomic E-state index is 14.3. The first-order valence-corrected chi connectivity index (χ1v) is 20.9. The quantitative estimate of drug-likeness (QED) is 0.253. The summed E-state index contributed by atoms with van der Waals surface area (Å²) in [6.45, 7) is 2.15. The van der Waals surface area contributed by atoms with Gasteiger partial charge < -0.3 is 20.5 Å². The molecule has 0 radical (unpaired) electrons. The van der Waals surface area contributed by atoms with Crippen LogP contribution in [0, 0.1) is 11.8 Å². The van der Waals surface area contributed by atoms with Crippen molar-refractivity contribution in [2.24, 2.45) is 17.6 Å². The zero-order chi connectivity index (χ0) is 40.7. The molecule has 2 atom stereocenters. The van der Waals surface area contributed by atoms with Gasteiger partial charge in [-0.3, -0.25) is 9.69 Å². The number of carboxylic acid groups (broad SMARTS) is 1. The number of nitrogens with zero attached hydrogens (tertiary/aromatic N) is 3. The van der Waals surface area contributed by atoms with Gasteiger partial charge in [-0.05, 0) is 92.3 Å². The number of sulfonamides is 1. The van der Waals surface area contributed by atoms with Crippen LogP contribution in [0.5, 0.6) is 5.75 Å². The molecule has 4 fully saturated rings. The van der Waals surface area contributed by atoms with Gasteiger partial charge in [0.2, 0.25) is 15.9 Å². The minimum atomic E-state index is -5.08. The SMILES string of the molecule is NC1CCN(C(=O)[C@H]2CN(C(c3ccc(C(F)(F)F)cc3)C3CCCCC3)CCN2S(=O)(=O)c2ccc(OCC3CCCCC3)cc2)CC1.O=C(O)C(F)(F)F. The van der Waals surface area contributed by atoms with Crippen LogP contribution >= 0.6 is 0 Å². The van der Waals surface area contributed by atoms with Gasteiger partial charge in [0.25, 0.3) is 0 Å². The predicted octanol–water partition coefficient (Wildman–Crippen LogP) is 7.24. The Kier molecular flexibility index (Phi) is 14.7. The summed E-state index contributed by atoms with van der Waals surface area (Å²) in [7, 11) is -4.06. The van der Waals surface area contributed by atoms with Gasteiger partial charge in [0, 0.05) is 44.8 Å². The highest BCUT2D eigenvalue weighted by molar-refractivity contribution is 7.89. The number of piperidine rings is 1. The Morgan fingerprint density at radius 1 is 0.786 bits per heavy atom. The Balaban J connectivity index is 0.000000784. The molecule has 2 aromatic carbocycles. The van der Waals surface area contributed by atoms with Gasteiger partial charge in [0.1, 0.15) is 11.8 Å². The van der Waals surface area contributed by atoms with Gasteiger partial charge in [-0.25, -0.2) is 13.2 Å². The molecule has 0 bridgehead atoms. The first kappa shape index (κ1) is 43.7. The lowest BCUT2D eigenvalue weighted by atomic mass is 9.79. The van der Waals surface area contributed by atoms with Crippen LogP contribution in [0.4, 0.5) is 26.3 Å². The largest absolute Gasteiger partial charge is 0.493 e. The van der Waals surface area contributed by atoms with Gasteiger partial charge in [0.15, 0.2) is 0 Å². The number of amides is 1. The summed E-state index contributed by atoms with van der Waals surface area (Å²) in [6, 6.07) is 10.7. The molecule has 2 saturated carbocycles. The Hall–Kier alpha value is -3.41. The smallest absolute Gasteiger partial charge is 0.490 e. The second-order valence-electron chi connectivity index (χ2n) is 15.3. The number of aliphatic carboxylic acids is 1. The fourth-order valence-corrected chi connectivity index (χ4v) is 9.94. The molecule has 2 saturated heterocycles. The average molecular weight is 819 g/mol. The van der Waals surface area contributed by atoms with E-state index in [-0.39, 0.29) is 41.9 Å². The Morgan fingerprint density at radius 3 is 1.88 bits per heavy atom. The third-order valence-corrected chi connectivity index (χ3v) is 13.4. The molecule has 0 spiro atoms. The van der Waals surface area contributed by atoms with Crippen LogP contribution in [0.1, 0.15) is 94.2 Å². The summed E-state index contributed by atoms with van der Waals surface area (Å²) >= 11 is 0. The molecule has 2 aromatic rings. The first-order chi connectivity index (χ1) is 26.4. The minimum Gasteiger partial charge on any atom is -0.493 e. The number of halogens is 6. The number of likely N-dealkylation sites (tertiary alicyclic amines) is 1. The van der Waals surface area contributed by atoms with Gasteiger partial charge in [-0.2, -0.15) is 30.6 Å². The third-order valence-electron chi connectivity index (χ3n) is 11.5. The van der Waals surface area contributed by atoms with Gasteiger partial charge in [0.05, 0.1) is 17.1 Å². The minimum absolute atomic E-state index is 0.000869. The number of hydrogen-bond acceptors (Lipinski definition) is 7. The topological polar surface area (TPSA) is 133 Å². The van der Waals surface area contributed by atoms with E-state index < -0.39 is 40.0 Å². The highest BCUT2D eigenvalue weighted by Crippen LogP contribution is 2.41. The van der Waals surface area contributed by atoms with E-state index in [9.17, 15) is 39.6 Å². The van der Waals surface area contributed by atoms with E-state index in [0.29, 0.717) is 50.8 Å². The van der Waals surface area contributed by atoms with Crippen LogP contribution in [0.2, 0.25) is 0 Å². The lowest BCUT2D eigenvalue weighted by molar-refractivity contribution is -0.192. The molecular weight excluding hydrogens is 767 g/mol. The van der Waals surface area contributed by atoms with Crippen molar-refractivity contribution in [3.8, 4) is 5.75 Å². The van der Waals surface area contributed by atoms with Crippen molar-refractivity contribution in [3.63, 3.8) is 0 Å². The standard InChI is InChI=1S/C37H51F3N4O4S.C2HF3O2/c38-37(39,40)30-13-11-29(12-14-30)35(28-9-5-2-6-10-28)43-23-24-44(34(25-43)36(45)42-21-19-31(41)20-22-42)49(46,47)33-17-15-32(16-18-33)48-26-27-7-3-1-4-8-27;3-2(4,5)1(6)7/h11-18,27-28,31,34-35H,1-10,19-26,41H2;(H,6,7)/t34-,35?;/m1./s1. The number of nitrogens with two attached hydrogens (primary N) is 1. The van der Waals surface area contributed by atoms with Crippen LogP contribution in [0.25, 0.3) is 0 Å². The molecule has 17 heteroatoms. The van der Waals surface area contributed by atoms with E-state index in [4.69, 9.17) is 20.4 Å². The number of carbonyl (C=O) groups is 2. The summed E-state index contributed by atoms with van der Waals surface area (Å²) < 4.78 is 108. The highest BCUT2D eigenvalue weighted by Gasteiger charge is 2.45. The maximum absolute atomic E-state index is 14.3. The van der Waals surface area contributed by atoms with Gasteiger partial charge in [-0.15, -0.1) is 0 Å². The van der Waals surface area contributed by atoms with Crippen LogP contribution < -0.4 is 10.5 Å². The maximum Gasteiger partial charge on any atom is 0.490 e. The summed E-state index contributed by atoms with van der Waals surface area (Å²) in [5.41, 5.74) is 6.21. The van der Waals surface area contributed by atoms with Crippen LogP contribution in [-0.4, -0.2) is 97.1 Å². The van der Waals surface area contributed by atoms with E-state index in [0.717, 1.165) is 62.6 Å². The Bertz CT molecular complexity index is 1690. The van der Waals surface area contributed by atoms with E-state index in [1.165, 1.54) is 23.6 Å². The van der Waals surface area contributed by atoms with Crippen LogP contribution in [-0.2, 0) is 25.8 Å². The van der Waals surface area contributed by atoms with Crippen LogP contribution in [0.15, 0.2) is 53.4 Å². The fourth-order valence-electron chi connectivity index (χ4n) is 8.37. The molecule has 2 aliphatic carbocycles. The molecule has 56 heavy (non-hydrogen) atoms. The summed E-state index contributed by atoms with van der Waals surface area (Å²) in [5.74, 6) is -1.67. The molecule has 312 valence electrons. The normalized spacial score (nSPS) is 22.2. The number of alkyl halides is 6. The molecule has 10 nitrogen and oxygen atoms in total. The number of rotatable bonds is 9. The van der Waals surface area contributed by atoms with Gasteiger partial charge in [-0.1, -0.05) is 50.7 Å². The molecule has 2 heterocycles. The average Bonchev–Trinajstić information content (AvgIpc) is 3.18. The number of ether oxygens (including phenoxy) is 1. The fraction of sp³-hybridized carbons (Fsp3) is 0.641. The zero-order valence-corrected chi connectivity index (χ0v) is 32.1. The molecule has 1 amide bonds. The van der Waals surface area contributed by atoms with E-state index in [1.54, 1.807) is 41.3 Å². The summed E-state index contributed by atoms with van der Waals surface area (Å²) in [4.78, 5) is 27.2. The Labute approximate surface area is 324 Å². The molecule has 2 aliphatic heterocycles. The lowest BCUT2D eigenvalue weighted by Crippen LogP contribution is -2.62. The van der Waals surface area contributed by atoms with E-state index in [2.05, 4.69) is 4.90 Å². The molecule has 4 aliphatic rings. The molecule has 3 N–H and O–H groups in total. The second-order valence-corrected chi connectivity index (χ2v) is 17.2. The van der Waals surface area contributed by atoms with Gasteiger partial charge >= 0.3 is 18.3 Å². The van der Waals surface area contributed by atoms with Crippen molar-refractivity contribution in [1.82, 2.24) is 14.1 Å². The van der Waals surface area contributed by atoms with Crippen molar-refractivity contribution in [2.75, 3.05) is 39.3 Å². The number of piperazine rings is 1. The second kappa shape index (κ2) is 18.9. The third kappa shape index (κ3) is 11.4.